The van der Waals surface area contributed by atoms with Gasteiger partial charge in [-0.25, -0.2) is 5.48 Å². The van der Waals surface area contributed by atoms with Gasteiger partial charge in [0.15, 0.2) is 6.10 Å². The molecule has 1 aliphatic rings. The predicted molar refractivity (Wildman–Crippen MR) is 186 cm³/mol. The number of amides is 1. The Bertz CT molecular complexity index is 779. The van der Waals surface area contributed by atoms with Crippen molar-refractivity contribution in [3.63, 3.8) is 0 Å². The highest BCUT2D eigenvalue weighted by Gasteiger charge is 2.45. The molecule has 0 saturated carbocycles. The third-order valence-corrected chi connectivity index (χ3v) is 9.44. The van der Waals surface area contributed by atoms with Gasteiger partial charge in [-0.05, 0) is 12.8 Å². The second-order valence-corrected chi connectivity index (χ2v) is 13.7. The van der Waals surface area contributed by atoms with Crippen LogP contribution in [0, 0.1) is 5.92 Å². The Labute approximate surface area is 286 Å². The van der Waals surface area contributed by atoms with Crippen molar-refractivity contribution in [3.05, 3.63) is 0 Å². The number of rotatable bonds is 31. The minimum atomic E-state index is -1.03. The summed E-state index contributed by atoms with van der Waals surface area (Å²) in [5, 5.41) is 19.1. The topological polar surface area (TPSA) is 131 Å². The molecule has 47 heavy (non-hydrogen) atoms. The number of aliphatic hydroxyl groups is 1. The molecule has 4 atom stereocenters. The fraction of sp³-hybridized carbons (Fsp3) is 0.921. The van der Waals surface area contributed by atoms with E-state index in [1.165, 1.54) is 109 Å². The zero-order chi connectivity index (χ0) is 34.4. The first-order chi connectivity index (χ1) is 23.0. The van der Waals surface area contributed by atoms with Crippen molar-refractivity contribution in [1.82, 2.24) is 5.48 Å². The summed E-state index contributed by atoms with van der Waals surface area (Å²) in [6, 6.07) is 0. The van der Waals surface area contributed by atoms with Crippen molar-refractivity contribution in [3.8, 4) is 0 Å². The SMILES string of the molecule is CCCCCCCCCCCCCCCC(=O)O[C@H]1[C@H](OC(=O)CCCCCCCCCCCCC)[C@@H](CC(=O)NO)CO[C@@H]1CO. The highest BCUT2D eigenvalue weighted by atomic mass is 16.6. The summed E-state index contributed by atoms with van der Waals surface area (Å²) in [6.45, 7) is 4.09. The number of hydroxylamine groups is 1. The fourth-order valence-electron chi connectivity index (χ4n) is 6.48. The lowest BCUT2D eigenvalue weighted by atomic mass is 9.89. The van der Waals surface area contributed by atoms with Gasteiger partial charge < -0.3 is 19.3 Å². The van der Waals surface area contributed by atoms with Gasteiger partial charge in [-0.3, -0.25) is 19.6 Å². The number of carbonyl (C=O) groups is 3. The predicted octanol–water partition coefficient (Wildman–Crippen LogP) is 8.90. The van der Waals surface area contributed by atoms with Crippen LogP contribution >= 0.6 is 0 Å². The molecule has 0 aliphatic carbocycles. The number of esters is 2. The largest absolute Gasteiger partial charge is 0.458 e. The molecule has 1 saturated heterocycles. The molecule has 1 fully saturated rings. The molecule has 1 heterocycles. The second kappa shape index (κ2) is 30.4. The van der Waals surface area contributed by atoms with Gasteiger partial charge in [0.05, 0.1) is 13.2 Å². The van der Waals surface area contributed by atoms with Crippen molar-refractivity contribution in [2.24, 2.45) is 5.92 Å². The summed E-state index contributed by atoms with van der Waals surface area (Å²) < 4.78 is 17.3. The van der Waals surface area contributed by atoms with Crippen LogP contribution in [0.15, 0.2) is 0 Å². The summed E-state index contributed by atoms with van der Waals surface area (Å²) in [5.41, 5.74) is 1.62. The maximum absolute atomic E-state index is 12.9. The van der Waals surface area contributed by atoms with E-state index in [1.807, 2.05) is 0 Å². The maximum Gasteiger partial charge on any atom is 0.306 e. The Morgan fingerprint density at radius 3 is 1.32 bits per heavy atom. The first kappa shape index (κ1) is 43.3. The molecule has 9 heteroatoms. The third-order valence-electron chi connectivity index (χ3n) is 9.44. The number of unbranched alkanes of at least 4 members (excludes halogenated alkanes) is 22. The lowest BCUT2D eigenvalue weighted by molar-refractivity contribution is -0.214. The zero-order valence-corrected chi connectivity index (χ0v) is 30.2. The van der Waals surface area contributed by atoms with Crippen molar-refractivity contribution >= 4 is 17.8 Å². The van der Waals surface area contributed by atoms with Crippen LogP contribution in [0.3, 0.4) is 0 Å². The van der Waals surface area contributed by atoms with E-state index < -0.39 is 48.7 Å². The maximum atomic E-state index is 12.9. The molecule has 0 aromatic heterocycles. The highest BCUT2D eigenvalue weighted by molar-refractivity contribution is 5.75. The minimum absolute atomic E-state index is 0.0297. The van der Waals surface area contributed by atoms with Crippen LogP contribution in [-0.4, -0.2) is 59.7 Å². The molecule has 1 amide bonds. The van der Waals surface area contributed by atoms with Gasteiger partial charge in [0, 0.05) is 25.2 Å². The molecule has 0 unspecified atom stereocenters. The lowest BCUT2D eigenvalue weighted by Crippen LogP contribution is -2.55. The van der Waals surface area contributed by atoms with Gasteiger partial charge in [-0.2, -0.15) is 0 Å². The molecule has 9 nitrogen and oxygen atoms in total. The van der Waals surface area contributed by atoms with Crippen LogP contribution in [0.25, 0.3) is 0 Å². The molecular formula is C38H71NO8. The van der Waals surface area contributed by atoms with Crippen molar-refractivity contribution in [2.45, 2.75) is 206 Å². The van der Waals surface area contributed by atoms with Crippen LogP contribution in [0.2, 0.25) is 0 Å². The van der Waals surface area contributed by atoms with Gasteiger partial charge in [0.2, 0.25) is 5.91 Å². The van der Waals surface area contributed by atoms with Gasteiger partial charge in [0.1, 0.15) is 12.2 Å². The molecule has 0 spiro atoms. The quantitative estimate of drug-likeness (QED) is 0.0289. The summed E-state index contributed by atoms with van der Waals surface area (Å²) in [5.74, 6) is -2.12. The van der Waals surface area contributed by atoms with E-state index in [9.17, 15) is 19.5 Å². The molecule has 1 rings (SSSR count). The number of nitrogens with one attached hydrogen (secondary N) is 1. The Hall–Kier alpha value is -1.71. The van der Waals surface area contributed by atoms with Crippen LogP contribution in [0.1, 0.15) is 187 Å². The van der Waals surface area contributed by atoms with Crippen molar-refractivity contribution < 1.29 is 38.9 Å². The Morgan fingerprint density at radius 1 is 0.596 bits per heavy atom. The molecule has 0 radical (unpaired) electrons. The lowest BCUT2D eigenvalue weighted by Gasteiger charge is -2.40. The summed E-state index contributed by atoms with van der Waals surface area (Å²) in [4.78, 5) is 37.8. The highest BCUT2D eigenvalue weighted by Crippen LogP contribution is 2.29. The van der Waals surface area contributed by atoms with E-state index in [4.69, 9.17) is 19.4 Å². The first-order valence-corrected chi connectivity index (χ1v) is 19.5. The van der Waals surface area contributed by atoms with Crippen LogP contribution in [0.5, 0.6) is 0 Å². The normalized spacial score (nSPS) is 19.4. The molecule has 0 aromatic carbocycles. The number of carbonyl (C=O) groups excluding carboxylic acids is 3. The Morgan fingerprint density at radius 2 is 0.957 bits per heavy atom. The van der Waals surface area contributed by atoms with Crippen molar-refractivity contribution in [1.29, 1.82) is 0 Å². The van der Waals surface area contributed by atoms with Gasteiger partial charge in [-0.1, -0.05) is 155 Å². The van der Waals surface area contributed by atoms with E-state index >= 15 is 0 Å². The first-order valence-electron chi connectivity index (χ1n) is 19.5. The summed E-state index contributed by atoms with van der Waals surface area (Å²) in [7, 11) is 0. The van der Waals surface area contributed by atoms with E-state index in [0.29, 0.717) is 12.8 Å². The fourth-order valence-corrected chi connectivity index (χ4v) is 6.48. The number of aliphatic hydroxyl groups excluding tert-OH is 1. The van der Waals surface area contributed by atoms with E-state index in [0.717, 1.165) is 32.1 Å². The summed E-state index contributed by atoms with van der Waals surface area (Å²) in [6.07, 6.45) is 26.1. The van der Waals surface area contributed by atoms with E-state index in [1.54, 1.807) is 5.48 Å². The molecule has 0 bridgehead atoms. The molecular weight excluding hydrogens is 598 g/mol. The number of ether oxygens (including phenoxy) is 3. The van der Waals surface area contributed by atoms with Crippen LogP contribution in [-0.2, 0) is 28.6 Å². The van der Waals surface area contributed by atoms with Crippen LogP contribution in [0.4, 0.5) is 0 Å². The summed E-state index contributed by atoms with van der Waals surface area (Å²) >= 11 is 0. The second-order valence-electron chi connectivity index (χ2n) is 13.7. The van der Waals surface area contributed by atoms with Gasteiger partial charge in [0.25, 0.3) is 0 Å². The average molecular weight is 670 g/mol. The molecule has 276 valence electrons. The van der Waals surface area contributed by atoms with E-state index in [-0.39, 0.29) is 25.9 Å². The van der Waals surface area contributed by atoms with Crippen molar-refractivity contribution in [2.75, 3.05) is 13.2 Å². The minimum Gasteiger partial charge on any atom is -0.458 e. The van der Waals surface area contributed by atoms with Gasteiger partial charge >= 0.3 is 11.9 Å². The van der Waals surface area contributed by atoms with Gasteiger partial charge in [-0.15, -0.1) is 0 Å². The number of hydrogen-bond donors (Lipinski definition) is 3. The number of hydrogen-bond acceptors (Lipinski definition) is 8. The monoisotopic (exact) mass is 670 g/mol. The Balaban J connectivity index is 2.44. The smallest absolute Gasteiger partial charge is 0.306 e. The molecule has 3 N–H and O–H groups in total. The standard InChI is InChI=1S/C38H71NO8/c1-3-5-7-9-11-13-15-16-18-20-22-24-26-28-36(43)47-38-33(30-40)45-31-32(29-34(41)39-44)37(38)46-35(42)27-25-23-21-19-17-14-12-10-8-6-4-2/h32-33,37-38,40,44H,3-31H2,1-2H3,(H,39,41)/t32-,33+,37+,38+/m0/s1. The van der Waals surface area contributed by atoms with E-state index in [2.05, 4.69) is 13.8 Å². The Kier molecular flexibility index (Phi) is 28.0. The van der Waals surface area contributed by atoms with Crippen LogP contribution < -0.4 is 5.48 Å². The third kappa shape index (κ3) is 22.5. The molecule has 0 aromatic rings. The molecule has 1 aliphatic heterocycles. The zero-order valence-electron chi connectivity index (χ0n) is 30.2. The average Bonchev–Trinajstić information content (AvgIpc) is 3.07.